The Kier molecular flexibility index (Phi) is 7.05. The standard InChI is InChI=1S/C17H27N3O2/c1-6-14(4)18-17(22)19-16(21)11-20(5)10-15-8-7-12(2)9-13(15)3/h7-9,14H,6,10-11H2,1-5H3,(H2,18,19,21,22)/p+1/t14-/m0/s1. The van der Waals surface area contributed by atoms with Crippen molar-refractivity contribution in [3.63, 3.8) is 0 Å². The maximum atomic E-state index is 11.9. The lowest BCUT2D eigenvalue weighted by Gasteiger charge is -2.16. The van der Waals surface area contributed by atoms with E-state index in [-0.39, 0.29) is 18.5 Å². The van der Waals surface area contributed by atoms with Crippen LogP contribution in [0, 0.1) is 13.8 Å². The molecule has 1 rings (SSSR count). The predicted octanol–water partition coefficient (Wildman–Crippen LogP) is 0.942. The molecule has 5 nitrogen and oxygen atoms in total. The second-order valence-electron chi connectivity index (χ2n) is 6.07. The molecule has 3 N–H and O–H groups in total. The van der Waals surface area contributed by atoms with E-state index in [0.717, 1.165) is 17.9 Å². The second kappa shape index (κ2) is 8.54. The van der Waals surface area contributed by atoms with Crippen molar-refractivity contribution in [2.24, 2.45) is 0 Å². The molecule has 5 heteroatoms. The number of likely N-dealkylation sites (N-methyl/N-ethyl adjacent to an activating group) is 1. The van der Waals surface area contributed by atoms with Crippen LogP contribution in [0.25, 0.3) is 0 Å². The summed E-state index contributed by atoms with van der Waals surface area (Å²) in [5, 5.41) is 5.09. The number of nitrogens with one attached hydrogen (secondary N) is 3. The van der Waals surface area contributed by atoms with Crippen molar-refractivity contribution < 1.29 is 14.5 Å². The Labute approximate surface area is 133 Å². The van der Waals surface area contributed by atoms with E-state index in [1.54, 1.807) is 0 Å². The molecule has 0 aliphatic heterocycles. The van der Waals surface area contributed by atoms with Crippen molar-refractivity contribution in [3.8, 4) is 0 Å². The summed E-state index contributed by atoms with van der Waals surface area (Å²) in [5.74, 6) is -0.261. The largest absolute Gasteiger partial charge is 0.335 e. The Morgan fingerprint density at radius 3 is 2.55 bits per heavy atom. The molecular weight excluding hydrogens is 278 g/mol. The summed E-state index contributed by atoms with van der Waals surface area (Å²) < 4.78 is 0. The van der Waals surface area contributed by atoms with E-state index in [1.807, 2.05) is 20.9 Å². The number of hydrogen-bond donors (Lipinski definition) is 3. The van der Waals surface area contributed by atoms with Crippen LogP contribution in [0.4, 0.5) is 4.79 Å². The first-order valence-corrected chi connectivity index (χ1v) is 7.79. The van der Waals surface area contributed by atoms with Crippen LogP contribution in [0.3, 0.4) is 0 Å². The van der Waals surface area contributed by atoms with Crippen LogP contribution in [0.2, 0.25) is 0 Å². The molecule has 1 aromatic carbocycles. The van der Waals surface area contributed by atoms with Crippen molar-refractivity contribution in [2.45, 2.75) is 46.7 Å². The van der Waals surface area contributed by atoms with Gasteiger partial charge in [-0.3, -0.25) is 10.1 Å². The first kappa shape index (κ1) is 18.2. The fourth-order valence-electron chi connectivity index (χ4n) is 2.24. The van der Waals surface area contributed by atoms with E-state index in [1.165, 1.54) is 16.7 Å². The van der Waals surface area contributed by atoms with Gasteiger partial charge in [0.25, 0.3) is 5.91 Å². The smallest absolute Gasteiger partial charge is 0.321 e. The van der Waals surface area contributed by atoms with E-state index in [0.29, 0.717) is 0 Å². The number of carbonyl (C=O) groups excluding carboxylic acids is 2. The molecule has 0 heterocycles. The Morgan fingerprint density at radius 1 is 1.27 bits per heavy atom. The van der Waals surface area contributed by atoms with E-state index < -0.39 is 6.03 Å². The maximum absolute atomic E-state index is 11.9. The lowest BCUT2D eigenvalue weighted by Crippen LogP contribution is -3.09. The molecule has 2 atom stereocenters. The van der Waals surface area contributed by atoms with Crippen LogP contribution in [-0.4, -0.2) is 31.6 Å². The zero-order valence-electron chi connectivity index (χ0n) is 14.2. The normalized spacial score (nSPS) is 13.3. The number of urea groups is 1. The molecule has 0 aliphatic carbocycles. The zero-order valence-corrected chi connectivity index (χ0v) is 14.2. The third kappa shape index (κ3) is 6.26. The molecule has 1 aromatic rings. The van der Waals surface area contributed by atoms with Crippen molar-refractivity contribution in [3.05, 3.63) is 34.9 Å². The van der Waals surface area contributed by atoms with Gasteiger partial charge < -0.3 is 10.2 Å². The number of benzene rings is 1. The highest BCUT2D eigenvalue weighted by atomic mass is 16.2. The van der Waals surface area contributed by atoms with Crippen molar-refractivity contribution in [1.29, 1.82) is 0 Å². The van der Waals surface area contributed by atoms with E-state index >= 15 is 0 Å². The van der Waals surface area contributed by atoms with Crippen LogP contribution in [0.15, 0.2) is 18.2 Å². The molecule has 0 fully saturated rings. The summed E-state index contributed by atoms with van der Waals surface area (Å²) in [4.78, 5) is 24.5. The van der Waals surface area contributed by atoms with Crippen molar-refractivity contribution in [1.82, 2.24) is 10.6 Å². The van der Waals surface area contributed by atoms with Crippen molar-refractivity contribution in [2.75, 3.05) is 13.6 Å². The number of hydrogen-bond acceptors (Lipinski definition) is 2. The molecule has 0 saturated carbocycles. The molecule has 22 heavy (non-hydrogen) atoms. The second-order valence-corrected chi connectivity index (χ2v) is 6.07. The highest BCUT2D eigenvalue weighted by molar-refractivity contribution is 5.94. The van der Waals surface area contributed by atoms with Gasteiger partial charge in [-0.1, -0.05) is 30.7 Å². The van der Waals surface area contributed by atoms with Gasteiger partial charge in [-0.05, 0) is 32.8 Å². The Bertz CT molecular complexity index is 529. The molecule has 0 bridgehead atoms. The van der Waals surface area contributed by atoms with Gasteiger partial charge in [-0.15, -0.1) is 0 Å². The minimum Gasteiger partial charge on any atom is -0.335 e. The van der Waals surface area contributed by atoms with E-state index in [2.05, 4.69) is 42.7 Å². The summed E-state index contributed by atoms with van der Waals surface area (Å²) >= 11 is 0. The van der Waals surface area contributed by atoms with Crippen LogP contribution >= 0.6 is 0 Å². The fraction of sp³-hybridized carbons (Fsp3) is 0.529. The summed E-state index contributed by atoms with van der Waals surface area (Å²) in [7, 11) is 1.95. The Hall–Kier alpha value is -1.88. The number of aryl methyl sites for hydroxylation is 2. The lowest BCUT2D eigenvalue weighted by molar-refractivity contribution is -0.885. The van der Waals surface area contributed by atoms with Crippen molar-refractivity contribution >= 4 is 11.9 Å². The minimum atomic E-state index is -0.418. The van der Waals surface area contributed by atoms with Gasteiger partial charge in [0, 0.05) is 11.6 Å². The quantitative estimate of drug-likeness (QED) is 0.732. The van der Waals surface area contributed by atoms with Crippen LogP contribution in [0.1, 0.15) is 37.0 Å². The molecule has 122 valence electrons. The van der Waals surface area contributed by atoms with Gasteiger partial charge >= 0.3 is 6.03 Å². The van der Waals surface area contributed by atoms with Gasteiger partial charge in [-0.2, -0.15) is 0 Å². The van der Waals surface area contributed by atoms with Gasteiger partial charge in [0.1, 0.15) is 6.54 Å². The minimum absolute atomic E-state index is 0.0630. The van der Waals surface area contributed by atoms with Gasteiger partial charge in [0.05, 0.1) is 7.05 Å². The Morgan fingerprint density at radius 2 is 1.95 bits per heavy atom. The number of quaternary nitrogens is 1. The van der Waals surface area contributed by atoms with Gasteiger partial charge in [0.15, 0.2) is 6.54 Å². The average Bonchev–Trinajstić information content (AvgIpc) is 2.41. The Balaban J connectivity index is 2.45. The molecule has 1 unspecified atom stereocenters. The first-order valence-electron chi connectivity index (χ1n) is 7.79. The van der Waals surface area contributed by atoms with Gasteiger partial charge in [0.2, 0.25) is 0 Å². The fourth-order valence-corrected chi connectivity index (χ4v) is 2.24. The number of imide groups is 1. The highest BCUT2D eigenvalue weighted by Crippen LogP contribution is 2.08. The van der Waals surface area contributed by atoms with Crippen LogP contribution in [-0.2, 0) is 11.3 Å². The zero-order chi connectivity index (χ0) is 16.7. The third-order valence-corrected chi connectivity index (χ3v) is 3.70. The monoisotopic (exact) mass is 306 g/mol. The summed E-state index contributed by atoms with van der Waals surface area (Å²) in [6.45, 7) is 9.05. The maximum Gasteiger partial charge on any atom is 0.321 e. The summed E-state index contributed by atoms with van der Waals surface area (Å²) in [6, 6.07) is 5.96. The first-order chi connectivity index (χ1) is 10.3. The molecule has 0 aromatic heterocycles. The predicted molar refractivity (Wildman–Crippen MR) is 87.8 cm³/mol. The van der Waals surface area contributed by atoms with Crippen LogP contribution in [0.5, 0.6) is 0 Å². The third-order valence-electron chi connectivity index (χ3n) is 3.70. The van der Waals surface area contributed by atoms with E-state index in [4.69, 9.17) is 0 Å². The van der Waals surface area contributed by atoms with Gasteiger partial charge in [-0.25, -0.2) is 4.79 Å². The number of rotatable bonds is 6. The molecule has 3 amide bonds. The van der Waals surface area contributed by atoms with E-state index in [9.17, 15) is 9.59 Å². The molecule has 0 spiro atoms. The van der Waals surface area contributed by atoms with Crippen LogP contribution < -0.4 is 15.5 Å². The highest BCUT2D eigenvalue weighted by Gasteiger charge is 2.15. The molecular formula is C17H28N3O2+. The molecule has 0 saturated heterocycles. The average molecular weight is 306 g/mol. The molecule has 0 aliphatic rings. The summed E-state index contributed by atoms with van der Waals surface area (Å²) in [6.07, 6.45) is 0.833. The number of amides is 3. The molecule has 0 radical (unpaired) electrons. The summed E-state index contributed by atoms with van der Waals surface area (Å²) in [5.41, 5.74) is 3.69. The lowest BCUT2D eigenvalue weighted by atomic mass is 10.1. The number of carbonyl (C=O) groups is 2. The SMILES string of the molecule is CC[C@H](C)NC(=O)NC(=O)C[NH+](C)Cc1ccc(C)cc1C. The topological polar surface area (TPSA) is 62.6 Å².